The molecule has 3 aromatic carbocycles. The van der Waals surface area contributed by atoms with Gasteiger partial charge in [-0.2, -0.15) is 5.01 Å². The van der Waals surface area contributed by atoms with Gasteiger partial charge in [0.15, 0.2) is 5.84 Å². The van der Waals surface area contributed by atoms with Gasteiger partial charge in [0.1, 0.15) is 11.4 Å². The topological polar surface area (TPSA) is 82.0 Å². The van der Waals surface area contributed by atoms with Crippen LogP contribution in [0.15, 0.2) is 89.6 Å². The molecule has 0 aliphatic carbocycles. The Morgan fingerprint density at radius 2 is 1.63 bits per heavy atom. The number of amidine groups is 1. The number of carbonyl (C=O) groups is 2. The first-order chi connectivity index (χ1) is 14.5. The van der Waals surface area contributed by atoms with E-state index in [1.165, 1.54) is 12.1 Å². The SMILES string of the molecule is O=C1NN(C(=O)c2ccc(Cl)cc2)C(c2ccccc2)=N/C1=C/c1ccc(O)cc1. The number of phenols is 1. The Kier molecular flexibility index (Phi) is 5.32. The second kappa shape index (κ2) is 8.23. The molecule has 0 unspecified atom stereocenters. The molecule has 0 bridgehead atoms. The van der Waals surface area contributed by atoms with Gasteiger partial charge in [-0.1, -0.05) is 54.1 Å². The molecule has 1 aliphatic heterocycles. The molecular weight excluding hydrogens is 402 g/mol. The monoisotopic (exact) mass is 417 g/mol. The van der Waals surface area contributed by atoms with Gasteiger partial charge in [-0.15, -0.1) is 0 Å². The van der Waals surface area contributed by atoms with E-state index in [4.69, 9.17) is 11.6 Å². The Morgan fingerprint density at radius 3 is 2.30 bits per heavy atom. The third-order valence-electron chi connectivity index (χ3n) is 4.41. The van der Waals surface area contributed by atoms with Crippen molar-refractivity contribution in [3.8, 4) is 5.75 Å². The van der Waals surface area contributed by atoms with Crippen LogP contribution >= 0.6 is 11.6 Å². The van der Waals surface area contributed by atoms with Crippen molar-refractivity contribution < 1.29 is 14.7 Å². The number of hydrazine groups is 1. The fourth-order valence-electron chi connectivity index (χ4n) is 2.90. The number of nitrogens with one attached hydrogen (secondary N) is 1. The molecule has 0 aromatic heterocycles. The lowest BCUT2D eigenvalue weighted by Crippen LogP contribution is -2.53. The van der Waals surface area contributed by atoms with Crippen LogP contribution in [0.1, 0.15) is 21.5 Å². The number of aliphatic imine (C=N–C) groups is 1. The first-order valence-electron chi connectivity index (χ1n) is 9.07. The molecule has 2 amide bonds. The third kappa shape index (κ3) is 4.09. The van der Waals surface area contributed by atoms with Crippen LogP contribution in [-0.2, 0) is 4.79 Å². The van der Waals surface area contributed by atoms with E-state index in [-0.39, 0.29) is 11.4 Å². The van der Waals surface area contributed by atoms with E-state index in [9.17, 15) is 14.7 Å². The standard InChI is InChI=1S/C23H16ClN3O3/c24-18-10-8-17(9-11-18)23(30)27-21(16-4-2-1-3-5-16)25-20(22(29)26-27)14-15-6-12-19(28)13-7-15/h1-14,28H,(H,26,29)/b20-14+. The van der Waals surface area contributed by atoms with Gasteiger partial charge in [-0.05, 0) is 48.0 Å². The van der Waals surface area contributed by atoms with Crippen molar-refractivity contribution in [2.24, 2.45) is 4.99 Å². The van der Waals surface area contributed by atoms with Crippen molar-refractivity contribution in [1.29, 1.82) is 0 Å². The molecule has 0 saturated carbocycles. The highest BCUT2D eigenvalue weighted by Gasteiger charge is 2.30. The molecule has 0 spiro atoms. The van der Waals surface area contributed by atoms with Gasteiger partial charge in [0, 0.05) is 16.1 Å². The summed E-state index contributed by atoms with van der Waals surface area (Å²) >= 11 is 5.91. The van der Waals surface area contributed by atoms with E-state index in [0.29, 0.717) is 27.5 Å². The second-order valence-electron chi connectivity index (χ2n) is 6.51. The fraction of sp³-hybridized carbons (Fsp3) is 0. The van der Waals surface area contributed by atoms with Gasteiger partial charge >= 0.3 is 0 Å². The van der Waals surface area contributed by atoms with E-state index in [2.05, 4.69) is 10.4 Å². The third-order valence-corrected chi connectivity index (χ3v) is 4.66. The highest BCUT2D eigenvalue weighted by Crippen LogP contribution is 2.20. The number of carbonyl (C=O) groups excluding carboxylic acids is 2. The van der Waals surface area contributed by atoms with Crippen LogP contribution in [0.4, 0.5) is 0 Å². The maximum absolute atomic E-state index is 13.1. The van der Waals surface area contributed by atoms with E-state index in [1.807, 2.05) is 18.2 Å². The molecule has 2 N–H and O–H groups in total. The molecule has 0 saturated heterocycles. The van der Waals surface area contributed by atoms with Gasteiger partial charge < -0.3 is 5.11 Å². The van der Waals surface area contributed by atoms with Crippen LogP contribution in [0.2, 0.25) is 5.02 Å². The summed E-state index contributed by atoms with van der Waals surface area (Å²) in [4.78, 5) is 30.3. The number of phenolic OH excluding ortho intramolecular Hbond substituents is 1. The average molecular weight is 418 g/mol. The number of amides is 2. The number of aromatic hydroxyl groups is 1. The molecule has 0 fully saturated rings. The molecule has 148 valence electrons. The zero-order chi connectivity index (χ0) is 21.1. The summed E-state index contributed by atoms with van der Waals surface area (Å²) in [6.07, 6.45) is 1.59. The van der Waals surface area contributed by atoms with Gasteiger partial charge in [-0.3, -0.25) is 15.0 Å². The molecule has 4 rings (SSSR count). The maximum Gasteiger partial charge on any atom is 0.288 e. The van der Waals surface area contributed by atoms with Crippen molar-refractivity contribution in [2.75, 3.05) is 0 Å². The molecule has 0 atom stereocenters. The summed E-state index contributed by atoms with van der Waals surface area (Å²) in [6.45, 7) is 0. The molecule has 6 nitrogen and oxygen atoms in total. The highest BCUT2D eigenvalue weighted by atomic mass is 35.5. The van der Waals surface area contributed by atoms with E-state index >= 15 is 0 Å². The fourth-order valence-corrected chi connectivity index (χ4v) is 3.03. The van der Waals surface area contributed by atoms with Crippen LogP contribution in [-0.4, -0.2) is 27.8 Å². The average Bonchev–Trinajstić information content (AvgIpc) is 2.77. The predicted octanol–water partition coefficient (Wildman–Crippen LogP) is 4.02. The quantitative estimate of drug-likeness (QED) is 0.631. The Balaban J connectivity index is 1.77. The van der Waals surface area contributed by atoms with Crippen LogP contribution < -0.4 is 5.43 Å². The lowest BCUT2D eigenvalue weighted by molar-refractivity contribution is -0.120. The number of rotatable bonds is 3. The number of halogens is 1. The van der Waals surface area contributed by atoms with Crippen LogP contribution in [0.3, 0.4) is 0 Å². The van der Waals surface area contributed by atoms with Crippen molar-refractivity contribution in [3.05, 3.63) is 106 Å². The molecule has 7 heteroatoms. The minimum absolute atomic E-state index is 0.124. The Morgan fingerprint density at radius 1 is 0.967 bits per heavy atom. The Labute approximate surface area is 177 Å². The largest absolute Gasteiger partial charge is 0.508 e. The zero-order valence-corrected chi connectivity index (χ0v) is 16.4. The van der Waals surface area contributed by atoms with Crippen LogP contribution in [0, 0.1) is 0 Å². The number of benzene rings is 3. The first-order valence-corrected chi connectivity index (χ1v) is 9.45. The number of hydrogen-bond donors (Lipinski definition) is 2. The van der Waals surface area contributed by atoms with Crippen molar-refractivity contribution in [2.45, 2.75) is 0 Å². The minimum atomic E-state index is -0.523. The first kappa shape index (κ1) is 19.4. The number of hydrogen-bond acceptors (Lipinski definition) is 4. The summed E-state index contributed by atoms with van der Waals surface area (Å²) < 4.78 is 0. The second-order valence-corrected chi connectivity index (χ2v) is 6.95. The lowest BCUT2D eigenvalue weighted by Gasteiger charge is -2.28. The summed E-state index contributed by atoms with van der Waals surface area (Å²) in [5.41, 5.74) is 4.47. The van der Waals surface area contributed by atoms with E-state index < -0.39 is 11.8 Å². The Hall–Kier alpha value is -3.90. The normalized spacial score (nSPS) is 15.0. The molecule has 1 aliphatic rings. The molecule has 30 heavy (non-hydrogen) atoms. The Bertz CT molecular complexity index is 1150. The molecule has 0 radical (unpaired) electrons. The summed E-state index contributed by atoms with van der Waals surface area (Å²) in [5.74, 6) is -0.546. The van der Waals surface area contributed by atoms with Crippen molar-refractivity contribution in [1.82, 2.24) is 10.4 Å². The predicted molar refractivity (Wildman–Crippen MR) is 115 cm³/mol. The van der Waals surface area contributed by atoms with Gasteiger partial charge in [0.25, 0.3) is 11.8 Å². The van der Waals surface area contributed by atoms with E-state index in [0.717, 1.165) is 5.01 Å². The van der Waals surface area contributed by atoms with Crippen molar-refractivity contribution >= 4 is 35.3 Å². The summed E-state index contributed by atoms with van der Waals surface area (Å²) in [6, 6.07) is 21.9. The molecular formula is C23H16ClN3O3. The van der Waals surface area contributed by atoms with Crippen LogP contribution in [0.25, 0.3) is 6.08 Å². The smallest absolute Gasteiger partial charge is 0.288 e. The molecule has 1 heterocycles. The minimum Gasteiger partial charge on any atom is -0.508 e. The van der Waals surface area contributed by atoms with Crippen LogP contribution in [0.5, 0.6) is 5.75 Å². The lowest BCUT2D eigenvalue weighted by atomic mass is 10.1. The molecule has 3 aromatic rings. The number of nitrogens with zero attached hydrogens (tertiary/aromatic N) is 2. The van der Waals surface area contributed by atoms with Gasteiger partial charge in [-0.25, -0.2) is 4.99 Å². The summed E-state index contributed by atoms with van der Waals surface area (Å²) in [7, 11) is 0. The van der Waals surface area contributed by atoms with E-state index in [1.54, 1.807) is 54.6 Å². The van der Waals surface area contributed by atoms with Crippen molar-refractivity contribution in [3.63, 3.8) is 0 Å². The van der Waals surface area contributed by atoms with Gasteiger partial charge in [0.2, 0.25) is 0 Å². The summed E-state index contributed by atoms with van der Waals surface area (Å²) in [5, 5.41) is 11.1. The highest BCUT2D eigenvalue weighted by molar-refractivity contribution is 6.30. The zero-order valence-electron chi connectivity index (χ0n) is 15.6. The van der Waals surface area contributed by atoms with Gasteiger partial charge in [0.05, 0.1) is 0 Å². The maximum atomic E-state index is 13.1.